The minimum Gasteiger partial charge on any atom is -0.394 e. The van der Waals surface area contributed by atoms with Gasteiger partial charge in [0.15, 0.2) is 0 Å². The summed E-state index contributed by atoms with van der Waals surface area (Å²) in [5.41, 5.74) is 2.01. The highest BCUT2D eigenvalue weighted by Gasteiger charge is 2.30. The molecule has 0 bridgehead atoms. The topological polar surface area (TPSA) is 49.3 Å². The van der Waals surface area contributed by atoms with Crippen LogP contribution in [0, 0.1) is 5.92 Å². The first-order valence-corrected chi connectivity index (χ1v) is 6.01. The van der Waals surface area contributed by atoms with Crippen LogP contribution in [0.3, 0.4) is 0 Å². The summed E-state index contributed by atoms with van der Waals surface area (Å²) in [5, 5.41) is 12.0. The van der Waals surface area contributed by atoms with Gasteiger partial charge in [-0.25, -0.2) is 0 Å². The number of nitrogens with one attached hydrogen (secondary N) is 1. The molecule has 1 aliphatic carbocycles. The number of carbonyl (C=O) groups excluding carboxylic acids is 1. The summed E-state index contributed by atoms with van der Waals surface area (Å²) in [7, 11) is 0. The number of hydrogen-bond acceptors (Lipinski definition) is 2. The monoisotopic (exact) mass is 233 g/mol. The summed E-state index contributed by atoms with van der Waals surface area (Å²) in [6.45, 7) is 3.61. The number of carbonyl (C=O) groups is 1. The van der Waals surface area contributed by atoms with Crippen LogP contribution in [-0.4, -0.2) is 23.2 Å². The van der Waals surface area contributed by atoms with Crippen molar-refractivity contribution in [2.24, 2.45) is 5.92 Å². The van der Waals surface area contributed by atoms with Gasteiger partial charge >= 0.3 is 0 Å². The molecule has 0 spiro atoms. The Balaban J connectivity index is 2.01. The number of hydrogen-bond donors (Lipinski definition) is 2. The molecule has 3 heteroatoms. The Bertz CT molecular complexity index is 401. The molecular weight excluding hydrogens is 214 g/mol. The van der Waals surface area contributed by atoms with Gasteiger partial charge in [0, 0.05) is 5.92 Å². The Morgan fingerprint density at radius 3 is 2.35 bits per heavy atom. The molecule has 17 heavy (non-hydrogen) atoms. The van der Waals surface area contributed by atoms with E-state index in [0.29, 0.717) is 0 Å². The molecule has 1 aromatic rings. The first kappa shape index (κ1) is 12.1. The van der Waals surface area contributed by atoms with Crippen molar-refractivity contribution in [1.82, 2.24) is 5.32 Å². The second-order valence-corrected chi connectivity index (χ2v) is 5.41. The summed E-state index contributed by atoms with van der Waals surface area (Å²) in [6, 6.07) is 8.19. The first-order chi connectivity index (χ1) is 8.02. The van der Waals surface area contributed by atoms with Gasteiger partial charge in [-0.15, -0.1) is 0 Å². The van der Waals surface area contributed by atoms with Crippen LogP contribution < -0.4 is 5.32 Å². The molecule has 3 nitrogen and oxygen atoms in total. The highest BCUT2D eigenvalue weighted by molar-refractivity contribution is 5.81. The van der Waals surface area contributed by atoms with E-state index in [1.807, 2.05) is 26.0 Å². The van der Waals surface area contributed by atoms with Gasteiger partial charge < -0.3 is 10.4 Å². The Hall–Kier alpha value is -1.35. The third-order valence-corrected chi connectivity index (χ3v) is 3.28. The largest absolute Gasteiger partial charge is 0.394 e. The van der Waals surface area contributed by atoms with Crippen molar-refractivity contribution in [3.05, 3.63) is 35.4 Å². The summed E-state index contributed by atoms with van der Waals surface area (Å²) in [5.74, 6) is 0.0541. The highest BCUT2D eigenvalue weighted by Crippen LogP contribution is 2.26. The fraction of sp³-hybridized carbons (Fsp3) is 0.500. The van der Waals surface area contributed by atoms with Gasteiger partial charge in [-0.1, -0.05) is 24.3 Å². The molecule has 0 atom stereocenters. The van der Waals surface area contributed by atoms with Gasteiger partial charge in [-0.2, -0.15) is 0 Å². The molecule has 2 rings (SSSR count). The van der Waals surface area contributed by atoms with Crippen molar-refractivity contribution < 1.29 is 9.90 Å². The molecule has 0 aliphatic heterocycles. The molecule has 1 amide bonds. The summed E-state index contributed by atoms with van der Waals surface area (Å²) >= 11 is 0. The zero-order valence-electron chi connectivity index (χ0n) is 10.4. The molecule has 0 aromatic heterocycles. The smallest absolute Gasteiger partial charge is 0.224 e. The summed E-state index contributed by atoms with van der Waals surface area (Å²) in [4.78, 5) is 12.1. The van der Waals surface area contributed by atoms with Crippen molar-refractivity contribution in [2.45, 2.75) is 32.2 Å². The van der Waals surface area contributed by atoms with E-state index in [9.17, 15) is 4.79 Å². The first-order valence-electron chi connectivity index (χ1n) is 6.01. The molecule has 0 heterocycles. The number of aliphatic hydroxyl groups is 1. The molecule has 0 fully saturated rings. The van der Waals surface area contributed by atoms with Crippen LogP contribution in [0.1, 0.15) is 25.0 Å². The predicted molar refractivity (Wildman–Crippen MR) is 66.6 cm³/mol. The van der Waals surface area contributed by atoms with Crippen molar-refractivity contribution in [2.75, 3.05) is 6.61 Å². The molecular formula is C14H19NO2. The fourth-order valence-electron chi connectivity index (χ4n) is 2.22. The minimum atomic E-state index is -0.536. The van der Waals surface area contributed by atoms with E-state index >= 15 is 0 Å². The van der Waals surface area contributed by atoms with E-state index in [2.05, 4.69) is 17.4 Å². The van der Waals surface area contributed by atoms with Crippen molar-refractivity contribution in [1.29, 1.82) is 0 Å². The van der Waals surface area contributed by atoms with Gasteiger partial charge in [0.25, 0.3) is 0 Å². The van der Waals surface area contributed by atoms with Crippen molar-refractivity contribution >= 4 is 5.91 Å². The number of aliphatic hydroxyl groups excluding tert-OH is 1. The van der Waals surface area contributed by atoms with Crippen LogP contribution >= 0.6 is 0 Å². The van der Waals surface area contributed by atoms with E-state index in [0.717, 1.165) is 12.8 Å². The Labute approximate surface area is 102 Å². The Kier molecular flexibility index (Phi) is 3.20. The van der Waals surface area contributed by atoms with E-state index < -0.39 is 5.54 Å². The summed E-state index contributed by atoms with van der Waals surface area (Å²) in [6.07, 6.45) is 1.62. The van der Waals surface area contributed by atoms with Crippen LogP contribution in [0.2, 0.25) is 0 Å². The van der Waals surface area contributed by atoms with E-state index in [4.69, 9.17) is 5.11 Å². The van der Waals surface area contributed by atoms with Crippen LogP contribution in [0.15, 0.2) is 24.3 Å². The zero-order chi connectivity index (χ0) is 12.5. The molecule has 92 valence electrons. The van der Waals surface area contributed by atoms with E-state index in [1.165, 1.54) is 11.1 Å². The maximum Gasteiger partial charge on any atom is 0.224 e. The lowest BCUT2D eigenvalue weighted by Gasteiger charge is -2.25. The van der Waals surface area contributed by atoms with Crippen LogP contribution in [0.5, 0.6) is 0 Å². The lowest BCUT2D eigenvalue weighted by Crippen LogP contribution is -2.48. The van der Waals surface area contributed by atoms with E-state index in [-0.39, 0.29) is 18.4 Å². The van der Waals surface area contributed by atoms with Crippen molar-refractivity contribution in [3.63, 3.8) is 0 Å². The number of fused-ring (bicyclic) bond motifs is 1. The summed E-state index contributed by atoms with van der Waals surface area (Å²) < 4.78 is 0. The zero-order valence-corrected chi connectivity index (χ0v) is 10.4. The third-order valence-electron chi connectivity index (χ3n) is 3.28. The molecule has 0 saturated carbocycles. The standard InChI is InChI=1S/C14H19NO2/c1-14(2,9-16)15-13(17)12-7-10-5-3-4-6-11(10)8-12/h3-6,12,16H,7-9H2,1-2H3,(H,15,17). The van der Waals surface area contributed by atoms with E-state index in [1.54, 1.807) is 0 Å². The molecule has 0 saturated heterocycles. The highest BCUT2D eigenvalue weighted by atomic mass is 16.3. The molecule has 1 aliphatic rings. The maximum atomic E-state index is 12.1. The molecule has 1 aromatic carbocycles. The third kappa shape index (κ3) is 2.67. The normalized spacial score (nSPS) is 15.7. The second kappa shape index (κ2) is 4.49. The quantitative estimate of drug-likeness (QED) is 0.826. The van der Waals surface area contributed by atoms with Crippen LogP contribution in [-0.2, 0) is 17.6 Å². The average molecular weight is 233 g/mol. The van der Waals surface area contributed by atoms with Gasteiger partial charge in [0.2, 0.25) is 5.91 Å². The maximum absolute atomic E-state index is 12.1. The number of rotatable bonds is 3. The Morgan fingerprint density at radius 1 is 1.35 bits per heavy atom. The van der Waals surface area contributed by atoms with Gasteiger partial charge in [-0.3, -0.25) is 4.79 Å². The minimum absolute atomic E-state index is 0.0122. The lowest BCUT2D eigenvalue weighted by atomic mass is 10.0. The van der Waals surface area contributed by atoms with Gasteiger partial charge in [-0.05, 0) is 37.8 Å². The van der Waals surface area contributed by atoms with Crippen LogP contribution in [0.4, 0.5) is 0 Å². The number of benzene rings is 1. The SMILES string of the molecule is CC(C)(CO)NC(=O)C1Cc2ccccc2C1. The fourth-order valence-corrected chi connectivity index (χ4v) is 2.22. The van der Waals surface area contributed by atoms with Crippen LogP contribution in [0.25, 0.3) is 0 Å². The lowest BCUT2D eigenvalue weighted by molar-refractivity contribution is -0.126. The predicted octanol–water partition coefficient (Wildman–Crippen LogP) is 1.29. The Morgan fingerprint density at radius 2 is 1.88 bits per heavy atom. The average Bonchev–Trinajstić information content (AvgIpc) is 2.72. The van der Waals surface area contributed by atoms with Gasteiger partial charge in [0.05, 0.1) is 12.1 Å². The molecule has 0 unspecified atom stereocenters. The number of amides is 1. The molecule has 0 radical (unpaired) electrons. The van der Waals surface area contributed by atoms with Gasteiger partial charge in [0.1, 0.15) is 0 Å². The molecule has 2 N–H and O–H groups in total. The second-order valence-electron chi connectivity index (χ2n) is 5.41. The van der Waals surface area contributed by atoms with Crippen molar-refractivity contribution in [3.8, 4) is 0 Å².